The Morgan fingerprint density at radius 2 is 1.76 bits per heavy atom. The van der Waals surface area contributed by atoms with E-state index in [0.717, 1.165) is 6.42 Å². The highest BCUT2D eigenvalue weighted by atomic mass is 35.5. The first-order valence-corrected chi connectivity index (χ1v) is 13.5. The lowest BCUT2D eigenvalue weighted by Gasteiger charge is -2.37. The Morgan fingerprint density at radius 1 is 1.03 bits per heavy atom. The quantitative estimate of drug-likeness (QED) is 0.487. The van der Waals surface area contributed by atoms with Gasteiger partial charge >= 0.3 is 12.0 Å². The molecule has 0 aromatic heterocycles. The number of likely N-dealkylation sites (N-methyl/N-ethyl adjacent to an activating group) is 1. The molecule has 0 spiro atoms. The molecule has 1 N–H and O–H groups in total. The topological polar surface area (TPSA) is 82.2 Å². The number of hydrogen-bond acceptors (Lipinski definition) is 5. The Hall–Kier alpha value is -2.78. The highest BCUT2D eigenvalue weighted by Crippen LogP contribution is 2.37. The van der Waals surface area contributed by atoms with Crippen LogP contribution in [0.1, 0.15) is 35.3 Å². The summed E-state index contributed by atoms with van der Waals surface area (Å²) in [4.78, 5) is 44.7. The lowest BCUT2D eigenvalue weighted by molar-refractivity contribution is -0.139. The minimum atomic E-state index is -0.825. The molecule has 2 heterocycles. The Bertz CT molecular complexity index is 1250. The average molecular weight is 580 g/mol. The Labute approximate surface area is 237 Å². The molecule has 0 bridgehead atoms. The summed E-state index contributed by atoms with van der Waals surface area (Å²) < 4.78 is 5.41. The van der Waals surface area contributed by atoms with Crippen molar-refractivity contribution in [1.82, 2.24) is 20.0 Å². The molecule has 11 heteroatoms. The van der Waals surface area contributed by atoms with Crippen molar-refractivity contribution in [1.29, 1.82) is 0 Å². The van der Waals surface area contributed by atoms with Crippen molar-refractivity contribution in [3.63, 3.8) is 0 Å². The van der Waals surface area contributed by atoms with E-state index in [0.29, 0.717) is 65.2 Å². The molecule has 0 radical (unpaired) electrons. The van der Waals surface area contributed by atoms with Crippen LogP contribution < -0.4 is 5.32 Å². The molecule has 0 saturated carbocycles. The van der Waals surface area contributed by atoms with Crippen LogP contribution in [-0.4, -0.2) is 79.0 Å². The van der Waals surface area contributed by atoms with Crippen molar-refractivity contribution in [3.05, 3.63) is 79.9 Å². The molecule has 2 aromatic rings. The van der Waals surface area contributed by atoms with Crippen LogP contribution in [0.5, 0.6) is 0 Å². The first-order chi connectivity index (χ1) is 18.2. The van der Waals surface area contributed by atoms with Crippen molar-refractivity contribution in [2.24, 2.45) is 0 Å². The fourth-order valence-electron chi connectivity index (χ4n) is 4.69. The number of benzene rings is 2. The zero-order valence-electron chi connectivity index (χ0n) is 21.2. The van der Waals surface area contributed by atoms with Gasteiger partial charge in [0, 0.05) is 56.1 Å². The van der Waals surface area contributed by atoms with E-state index in [9.17, 15) is 14.4 Å². The van der Waals surface area contributed by atoms with Crippen molar-refractivity contribution in [3.8, 4) is 0 Å². The third-order valence-corrected chi connectivity index (χ3v) is 7.79. The van der Waals surface area contributed by atoms with Gasteiger partial charge in [-0.05, 0) is 49.2 Å². The monoisotopic (exact) mass is 578 g/mol. The van der Waals surface area contributed by atoms with E-state index in [1.807, 2.05) is 4.90 Å². The van der Waals surface area contributed by atoms with E-state index in [-0.39, 0.29) is 23.6 Å². The maximum Gasteiger partial charge on any atom is 0.338 e. The minimum absolute atomic E-state index is 0.0558. The highest BCUT2D eigenvalue weighted by Gasteiger charge is 2.38. The molecular weight excluding hydrogens is 551 g/mol. The second-order valence-electron chi connectivity index (χ2n) is 9.09. The lowest BCUT2D eigenvalue weighted by Crippen LogP contribution is -2.49. The van der Waals surface area contributed by atoms with Crippen LogP contribution in [0.4, 0.5) is 4.79 Å². The van der Waals surface area contributed by atoms with Crippen LogP contribution in [0.2, 0.25) is 15.1 Å². The van der Waals surface area contributed by atoms with Gasteiger partial charge in [-0.25, -0.2) is 9.59 Å². The van der Waals surface area contributed by atoms with Crippen molar-refractivity contribution in [2.45, 2.75) is 19.4 Å². The molecule has 4 rings (SSSR count). The largest absolute Gasteiger partial charge is 0.463 e. The third-order valence-electron chi connectivity index (χ3n) is 6.70. The predicted octanol–water partition coefficient (Wildman–Crippen LogP) is 5.01. The van der Waals surface area contributed by atoms with E-state index < -0.39 is 12.0 Å². The minimum Gasteiger partial charge on any atom is -0.463 e. The van der Waals surface area contributed by atoms with Crippen LogP contribution in [0.25, 0.3) is 0 Å². The second-order valence-corrected chi connectivity index (χ2v) is 10.3. The van der Waals surface area contributed by atoms with Crippen LogP contribution >= 0.6 is 34.8 Å². The van der Waals surface area contributed by atoms with Crippen LogP contribution in [0.15, 0.2) is 53.7 Å². The zero-order chi connectivity index (χ0) is 27.4. The number of urea groups is 1. The highest BCUT2D eigenvalue weighted by molar-refractivity contribution is 6.42. The molecular formula is C27H29Cl3N4O4. The van der Waals surface area contributed by atoms with E-state index in [4.69, 9.17) is 39.5 Å². The predicted molar refractivity (Wildman–Crippen MR) is 148 cm³/mol. The maximum atomic E-state index is 13.3. The molecule has 0 unspecified atom stereocenters. The third kappa shape index (κ3) is 6.10. The van der Waals surface area contributed by atoms with Crippen molar-refractivity contribution >= 4 is 52.7 Å². The van der Waals surface area contributed by atoms with Gasteiger partial charge in [-0.1, -0.05) is 46.9 Å². The molecule has 8 nitrogen and oxygen atoms in total. The number of rotatable bonds is 6. The molecule has 1 saturated heterocycles. The summed E-state index contributed by atoms with van der Waals surface area (Å²) in [5.74, 6) is -0.593. The summed E-state index contributed by atoms with van der Waals surface area (Å²) in [6.07, 6.45) is 0.737. The Balaban J connectivity index is 1.61. The smallest absolute Gasteiger partial charge is 0.338 e. The van der Waals surface area contributed by atoms with Gasteiger partial charge in [-0.2, -0.15) is 0 Å². The van der Waals surface area contributed by atoms with Crippen LogP contribution in [-0.2, 0) is 9.53 Å². The van der Waals surface area contributed by atoms with Gasteiger partial charge in [-0.3, -0.25) is 14.6 Å². The Morgan fingerprint density at radius 3 is 2.47 bits per heavy atom. The van der Waals surface area contributed by atoms with Gasteiger partial charge in [0.1, 0.15) is 0 Å². The van der Waals surface area contributed by atoms with Gasteiger partial charge in [0.15, 0.2) is 0 Å². The fourth-order valence-corrected chi connectivity index (χ4v) is 5.24. The van der Waals surface area contributed by atoms with Gasteiger partial charge in [0.05, 0.1) is 28.3 Å². The summed E-state index contributed by atoms with van der Waals surface area (Å²) in [5, 5.41) is 4.02. The molecule has 38 heavy (non-hydrogen) atoms. The maximum absolute atomic E-state index is 13.3. The second kappa shape index (κ2) is 12.4. The number of halogens is 3. The number of ether oxygens (including phenoxy) is 1. The normalized spacial score (nSPS) is 18.8. The molecule has 2 aromatic carbocycles. The van der Waals surface area contributed by atoms with Crippen LogP contribution in [0, 0.1) is 0 Å². The zero-order valence-corrected chi connectivity index (χ0v) is 23.4. The number of nitrogens with one attached hydrogen (secondary N) is 1. The fraction of sp³-hybridized carbons (Fsp3) is 0.370. The summed E-state index contributed by atoms with van der Waals surface area (Å²) in [7, 11) is 1.62. The molecule has 3 amide bonds. The molecule has 0 aliphatic carbocycles. The van der Waals surface area contributed by atoms with Gasteiger partial charge in [-0.15, -0.1) is 0 Å². The van der Waals surface area contributed by atoms with E-state index >= 15 is 0 Å². The SMILES string of the molecule is CCOC(=O)C1=C(CN2CCCN(C(=O)c3ccc(Cl)cc3)CC2)N(C)C(=O)N[C@H]1c1cccc(Cl)c1Cl. The summed E-state index contributed by atoms with van der Waals surface area (Å²) in [5.41, 5.74) is 1.92. The molecule has 202 valence electrons. The Kier molecular flexibility index (Phi) is 9.20. The number of esters is 1. The number of hydrogen-bond donors (Lipinski definition) is 1. The van der Waals surface area contributed by atoms with E-state index in [1.54, 1.807) is 56.4 Å². The van der Waals surface area contributed by atoms with Crippen molar-refractivity contribution in [2.75, 3.05) is 46.4 Å². The van der Waals surface area contributed by atoms with Crippen LogP contribution in [0.3, 0.4) is 0 Å². The number of amides is 3. The average Bonchev–Trinajstić information content (AvgIpc) is 3.14. The first kappa shape index (κ1) is 28.2. The van der Waals surface area contributed by atoms with Gasteiger partial charge in [0.2, 0.25) is 0 Å². The summed E-state index contributed by atoms with van der Waals surface area (Å²) in [6.45, 7) is 4.57. The standard InChI is InChI=1S/C27H29Cl3N4O4/c1-3-38-26(36)22-21(32(2)27(37)31-24(22)19-6-4-7-20(29)23(19)30)16-33-12-5-13-34(15-14-33)25(35)17-8-10-18(28)11-9-17/h4,6-11,24H,3,5,12-16H2,1-2H3,(H,31,37)/t24-/m0/s1. The van der Waals surface area contributed by atoms with Gasteiger partial charge in [0.25, 0.3) is 5.91 Å². The number of nitrogens with zero attached hydrogens (tertiary/aromatic N) is 3. The van der Waals surface area contributed by atoms with Crippen molar-refractivity contribution < 1.29 is 19.1 Å². The molecule has 1 atom stereocenters. The summed E-state index contributed by atoms with van der Waals surface area (Å²) in [6, 6.07) is 10.8. The van der Waals surface area contributed by atoms with Gasteiger partial charge < -0.3 is 15.0 Å². The molecule has 2 aliphatic rings. The first-order valence-electron chi connectivity index (χ1n) is 12.4. The number of carbonyl (C=O) groups excluding carboxylic acids is 3. The molecule has 1 fully saturated rings. The number of carbonyl (C=O) groups is 3. The lowest BCUT2D eigenvalue weighted by atomic mass is 9.94. The van der Waals surface area contributed by atoms with E-state index in [2.05, 4.69) is 10.2 Å². The summed E-state index contributed by atoms with van der Waals surface area (Å²) >= 11 is 18.7. The molecule has 2 aliphatic heterocycles. The van der Waals surface area contributed by atoms with E-state index in [1.165, 1.54) is 4.90 Å².